The van der Waals surface area contributed by atoms with Gasteiger partial charge in [-0.05, 0) is 51.3 Å². The Labute approximate surface area is 184 Å². The Kier molecular flexibility index (Phi) is 5.33. The van der Waals surface area contributed by atoms with Crippen LogP contribution in [0, 0.1) is 6.92 Å². The van der Waals surface area contributed by atoms with Crippen molar-refractivity contribution in [2.75, 3.05) is 6.54 Å². The molecule has 0 N–H and O–H groups in total. The number of fused-ring (bicyclic) bond motifs is 2. The fraction of sp³-hybridized carbons (Fsp3) is 0.333. The zero-order valence-corrected chi connectivity index (χ0v) is 18.7. The largest absolute Gasteiger partial charge is 0.296 e. The number of benzene rings is 2. The molecule has 0 radical (unpaired) electrons. The van der Waals surface area contributed by atoms with Gasteiger partial charge in [0.15, 0.2) is 0 Å². The van der Waals surface area contributed by atoms with Gasteiger partial charge in [-0.25, -0.2) is 9.97 Å². The molecule has 2 aromatic heterocycles. The third-order valence-corrected chi connectivity index (χ3v) is 6.48. The number of nitrogens with zero attached hydrogens (tertiary/aromatic N) is 4. The number of aromatic nitrogens is 3. The summed E-state index contributed by atoms with van der Waals surface area (Å²) in [5, 5.41) is 1.23. The fourth-order valence-corrected chi connectivity index (χ4v) is 4.70. The van der Waals surface area contributed by atoms with Gasteiger partial charge in [-0.15, -0.1) is 0 Å². The van der Waals surface area contributed by atoms with Gasteiger partial charge in [0.05, 0.1) is 16.9 Å². The molecule has 0 atom stereocenters. The molecule has 0 amide bonds. The van der Waals surface area contributed by atoms with Crippen LogP contribution in [0.5, 0.6) is 0 Å². The van der Waals surface area contributed by atoms with Crippen LogP contribution < -0.4 is 0 Å². The highest BCUT2D eigenvalue weighted by molar-refractivity contribution is 5.82. The predicted octanol–water partition coefficient (Wildman–Crippen LogP) is 5.28. The third kappa shape index (κ3) is 3.88. The average molecular weight is 411 g/mol. The molecule has 0 aliphatic carbocycles. The van der Waals surface area contributed by atoms with Crippen LogP contribution in [0.3, 0.4) is 0 Å². The Balaban J connectivity index is 1.59. The van der Waals surface area contributed by atoms with Gasteiger partial charge in [0, 0.05) is 42.2 Å². The Hall–Kier alpha value is -2.98. The second kappa shape index (κ2) is 8.27. The van der Waals surface area contributed by atoms with Crippen LogP contribution in [0.15, 0.2) is 60.7 Å². The molecule has 158 valence electrons. The fourth-order valence-electron chi connectivity index (χ4n) is 4.70. The lowest BCUT2D eigenvalue weighted by atomic mass is 9.98. The molecule has 0 fully saturated rings. The molecule has 4 aromatic rings. The molecule has 0 spiro atoms. The van der Waals surface area contributed by atoms with Crippen molar-refractivity contribution in [3.63, 3.8) is 0 Å². The second-order valence-electron chi connectivity index (χ2n) is 8.88. The van der Waals surface area contributed by atoms with Gasteiger partial charge >= 0.3 is 0 Å². The summed E-state index contributed by atoms with van der Waals surface area (Å²) in [5.41, 5.74) is 7.47. The minimum Gasteiger partial charge on any atom is -0.296 e. The van der Waals surface area contributed by atoms with E-state index in [1.54, 1.807) is 0 Å². The van der Waals surface area contributed by atoms with Gasteiger partial charge in [-0.1, -0.05) is 48.5 Å². The molecule has 5 rings (SSSR count). The summed E-state index contributed by atoms with van der Waals surface area (Å²) in [6.45, 7) is 8.71. The van der Waals surface area contributed by atoms with Crippen LogP contribution in [0.2, 0.25) is 0 Å². The lowest BCUT2D eigenvalue weighted by Gasteiger charge is -2.32. The SMILES string of the molecule is Cc1cc2ccccc2n1-c1nc(CCc2ccccc2)c2c(n1)CCN(C(C)C)C2. The van der Waals surface area contributed by atoms with Crippen molar-refractivity contribution < 1.29 is 0 Å². The molecule has 1 aliphatic heterocycles. The van der Waals surface area contributed by atoms with Crippen molar-refractivity contribution in [3.8, 4) is 5.95 Å². The van der Waals surface area contributed by atoms with Crippen molar-refractivity contribution in [1.82, 2.24) is 19.4 Å². The highest BCUT2D eigenvalue weighted by Gasteiger charge is 2.24. The van der Waals surface area contributed by atoms with E-state index in [0.717, 1.165) is 38.3 Å². The maximum Gasteiger partial charge on any atom is 0.234 e. The zero-order chi connectivity index (χ0) is 21.4. The maximum absolute atomic E-state index is 5.17. The van der Waals surface area contributed by atoms with Crippen LogP contribution >= 0.6 is 0 Å². The molecule has 0 unspecified atom stereocenters. The monoisotopic (exact) mass is 410 g/mol. The van der Waals surface area contributed by atoms with Crippen molar-refractivity contribution in [1.29, 1.82) is 0 Å². The highest BCUT2D eigenvalue weighted by Crippen LogP contribution is 2.27. The summed E-state index contributed by atoms with van der Waals surface area (Å²) in [7, 11) is 0. The van der Waals surface area contributed by atoms with Crippen molar-refractivity contribution in [3.05, 3.63) is 88.9 Å². The van der Waals surface area contributed by atoms with Crippen LogP contribution in [0.1, 0.15) is 42.1 Å². The smallest absolute Gasteiger partial charge is 0.234 e. The summed E-state index contributed by atoms with van der Waals surface area (Å²) in [6, 6.07) is 22.0. The van der Waals surface area contributed by atoms with Crippen molar-refractivity contribution >= 4 is 10.9 Å². The standard InChI is InChI=1S/C27H30N4/c1-19(2)30-16-15-25-23(18-30)24(14-13-21-9-5-4-6-10-21)28-27(29-25)31-20(3)17-22-11-7-8-12-26(22)31/h4-12,17,19H,13-16,18H2,1-3H3. The number of para-hydroxylation sites is 1. The average Bonchev–Trinajstić information content (AvgIpc) is 3.13. The van der Waals surface area contributed by atoms with Crippen LogP contribution in [0.25, 0.3) is 16.9 Å². The van der Waals surface area contributed by atoms with Crippen LogP contribution in [-0.2, 0) is 25.8 Å². The molecule has 4 heteroatoms. The lowest BCUT2D eigenvalue weighted by molar-refractivity contribution is 0.200. The van der Waals surface area contributed by atoms with E-state index in [1.807, 2.05) is 0 Å². The molecule has 2 aromatic carbocycles. The Morgan fingerprint density at radius 3 is 2.52 bits per heavy atom. The first kappa shape index (κ1) is 20.0. The van der Waals surface area contributed by atoms with E-state index in [1.165, 1.54) is 39.1 Å². The van der Waals surface area contributed by atoms with Crippen molar-refractivity contribution in [2.24, 2.45) is 0 Å². The third-order valence-electron chi connectivity index (χ3n) is 6.48. The molecule has 31 heavy (non-hydrogen) atoms. The van der Waals surface area contributed by atoms with E-state index in [2.05, 4.69) is 90.9 Å². The minimum atomic E-state index is 0.533. The molecule has 0 saturated heterocycles. The van der Waals surface area contributed by atoms with Gasteiger partial charge in [-0.2, -0.15) is 0 Å². The topological polar surface area (TPSA) is 34.0 Å². The normalized spacial score (nSPS) is 14.3. The van der Waals surface area contributed by atoms with E-state index < -0.39 is 0 Å². The maximum atomic E-state index is 5.17. The summed E-state index contributed by atoms with van der Waals surface area (Å²) in [5.74, 6) is 0.818. The van der Waals surface area contributed by atoms with Gasteiger partial charge in [0.1, 0.15) is 0 Å². The summed E-state index contributed by atoms with van der Waals surface area (Å²) in [6.07, 6.45) is 2.92. The number of aryl methyl sites for hydroxylation is 3. The Morgan fingerprint density at radius 1 is 0.935 bits per heavy atom. The quantitative estimate of drug-likeness (QED) is 0.449. The zero-order valence-electron chi connectivity index (χ0n) is 18.7. The number of hydrogen-bond donors (Lipinski definition) is 0. The van der Waals surface area contributed by atoms with Crippen molar-refractivity contribution in [2.45, 2.75) is 52.6 Å². The molecule has 1 aliphatic rings. The van der Waals surface area contributed by atoms with Gasteiger partial charge in [-0.3, -0.25) is 9.47 Å². The van der Waals surface area contributed by atoms with Gasteiger partial charge < -0.3 is 0 Å². The van der Waals surface area contributed by atoms with Gasteiger partial charge in [0.25, 0.3) is 0 Å². The predicted molar refractivity (Wildman–Crippen MR) is 127 cm³/mol. The Bertz CT molecular complexity index is 1210. The van der Waals surface area contributed by atoms with Crippen LogP contribution in [0.4, 0.5) is 0 Å². The summed E-state index contributed by atoms with van der Waals surface area (Å²) in [4.78, 5) is 12.8. The summed E-state index contributed by atoms with van der Waals surface area (Å²) >= 11 is 0. The molecule has 3 heterocycles. The first-order valence-electron chi connectivity index (χ1n) is 11.3. The van der Waals surface area contributed by atoms with Crippen LogP contribution in [-0.4, -0.2) is 32.0 Å². The molecule has 0 bridgehead atoms. The van der Waals surface area contributed by atoms with E-state index in [-0.39, 0.29) is 0 Å². The van der Waals surface area contributed by atoms with Gasteiger partial charge in [0.2, 0.25) is 5.95 Å². The molecular weight excluding hydrogens is 380 g/mol. The first-order chi connectivity index (χ1) is 15.1. The first-order valence-corrected chi connectivity index (χ1v) is 11.3. The second-order valence-corrected chi connectivity index (χ2v) is 8.88. The number of hydrogen-bond acceptors (Lipinski definition) is 3. The molecular formula is C27H30N4. The van der Waals surface area contributed by atoms with E-state index in [9.17, 15) is 0 Å². The summed E-state index contributed by atoms with van der Waals surface area (Å²) < 4.78 is 2.22. The number of rotatable bonds is 5. The highest BCUT2D eigenvalue weighted by atomic mass is 15.2. The van der Waals surface area contributed by atoms with E-state index in [4.69, 9.17) is 9.97 Å². The minimum absolute atomic E-state index is 0.533. The Morgan fingerprint density at radius 2 is 1.71 bits per heavy atom. The molecule has 4 nitrogen and oxygen atoms in total. The van der Waals surface area contributed by atoms with E-state index in [0.29, 0.717) is 6.04 Å². The van der Waals surface area contributed by atoms with E-state index >= 15 is 0 Å². The molecule has 0 saturated carbocycles. The lowest BCUT2D eigenvalue weighted by Crippen LogP contribution is -2.37.